The highest BCUT2D eigenvalue weighted by molar-refractivity contribution is 5.32. The minimum absolute atomic E-state index is 0.349. The van der Waals surface area contributed by atoms with E-state index in [1.165, 1.54) is 44.7 Å². The number of aromatic nitrogens is 2. The average Bonchev–Trinajstić information content (AvgIpc) is 2.73. The molecule has 2 rings (SSSR count). The van der Waals surface area contributed by atoms with E-state index in [9.17, 15) is 0 Å². The summed E-state index contributed by atoms with van der Waals surface area (Å²) in [6, 6.07) is 2.63. The minimum atomic E-state index is 0.349. The molecule has 1 fully saturated rings. The second kappa shape index (κ2) is 7.70. The standard InChI is InChI=1S/C14H21N5/c15-9-13-10-19-14(11-18-13)17-8-7-16-12-5-3-1-2-4-6-12/h10-12,16H,1-8H2,(H,17,19). The van der Waals surface area contributed by atoms with Crippen LogP contribution in [0.15, 0.2) is 12.4 Å². The molecule has 2 N–H and O–H groups in total. The molecule has 0 unspecified atom stereocenters. The summed E-state index contributed by atoms with van der Waals surface area (Å²) in [5, 5.41) is 15.4. The van der Waals surface area contributed by atoms with Crippen molar-refractivity contribution in [3.8, 4) is 6.07 Å². The molecule has 0 atom stereocenters. The molecule has 5 heteroatoms. The van der Waals surface area contributed by atoms with E-state index in [4.69, 9.17) is 5.26 Å². The van der Waals surface area contributed by atoms with E-state index in [2.05, 4.69) is 20.6 Å². The molecular formula is C14H21N5. The average molecular weight is 259 g/mol. The summed E-state index contributed by atoms with van der Waals surface area (Å²) in [6.07, 6.45) is 11.2. The first-order valence-corrected chi connectivity index (χ1v) is 7.08. The van der Waals surface area contributed by atoms with E-state index in [0.717, 1.165) is 18.9 Å². The molecule has 1 saturated carbocycles. The van der Waals surface area contributed by atoms with Gasteiger partial charge in [0.2, 0.25) is 0 Å². The number of nitrogens with zero attached hydrogens (tertiary/aromatic N) is 3. The number of rotatable bonds is 5. The van der Waals surface area contributed by atoms with Gasteiger partial charge >= 0.3 is 0 Å². The number of hydrogen-bond donors (Lipinski definition) is 2. The zero-order chi connectivity index (χ0) is 13.3. The van der Waals surface area contributed by atoms with Crippen molar-refractivity contribution in [3.63, 3.8) is 0 Å². The Kier molecular flexibility index (Phi) is 5.57. The first-order valence-electron chi connectivity index (χ1n) is 7.08. The van der Waals surface area contributed by atoms with Crippen molar-refractivity contribution in [2.45, 2.75) is 44.6 Å². The van der Waals surface area contributed by atoms with Crippen molar-refractivity contribution in [3.05, 3.63) is 18.1 Å². The number of nitriles is 1. The van der Waals surface area contributed by atoms with Crippen LogP contribution in [0.5, 0.6) is 0 Å². The molecule has 102 valence electrons. The summed E-state index contributed by atoms with van der Waals surface area (Å²) in [4.78, 5) is 8.10. The predicted molar refractivity (Wildman–Crippen MR) is 74.7 cm³/mol. The highest BCUT2D eigenvalue weighted by Crippen LogP contribution is 2.16. The van der Waals surface area contributed by atoms with E-state index in [1.807, 2.05) is 6.07 Å². The van der Waals surface area contributed by atoms with Crippen molar-refractivity contribution in [1.29, 1.82) is 5.26 Å². The van der Waals surface area contributed by atoms with Crippen LogP contribution in [0.2, 0.25) is 0 Å². The summed E-state index contributed by atoms with van der Waals surface area (Å²) in [6.45, 7) is 1.77. The van der Waals surface area contributed by atoms with Crippen LogP contribution >= 0.6 is 0 Å². The van der Waals surface area contributed by atoms with Crippen LogP contribution in [0.25, 0.3) is 0 Å². The molecule has 19 heavy (non-hydrogen) atoms. The maximum atomic E-state index is 8.63. The lowest BCUT2D eigenvalue weighted by molar-refractivity contribution is 0.468. The van der Waals surface area contributed by atoms with Gasteiger partial charge in [-0.3, -0.25) is 0 Å². The van der Waals surface area contributed by atoms with Crippen LogP contribution in [-0.2, 0) is 0 Å². The molecule has 0 radical (unpaired) electrons. The molecule has 0 aliphatic heterocycles. The first kappa shape index (κ1) is 13.8. The molecule has 1 aliphatic carbocycles. The predicted octanol–water partition coefficient (Wildman–Crippen LogP) is 2.07. The van der Waals surface area contributed by atoms with Gasteiger partial charge in [0, 0.05) is 19.1 Å². The maximum Gasteiger partial charge on any atom is 0.158 e. The zero-order valence-corrected chi connectivity index (χ0v) is 11.2. The number of hydrogen-bond acceptors (Lipinski definition) is 5. The second-order valence-corrected chi connectivity index (χ2v) is 4.97. The zero-order valence-electron chi connectivity index (χ0n) is 11.2. The van der Waals surface area contributed by atoms with Gasteiger partial charge in [-0.05, 0) is 12.8 Å². The molecule has 0 spiro atoms. The Balaban J connectivity index is 1.64. The highest BCUT2D eigenvalue weighted by atomic mass is 15.0. The summed E-state index contributed by atoms with van der Waals surface area (Å²) in [5.74, 6) is 0.724. The van der Waals surface area contributed by atoms with Gasteiger partial charge in [-0.1, -0.05) is 25.7 Å². The van der Waals surface area contributed by atoms with Crippen molar-refractivity contribution in [2.75, 3.05) is 18.4 Å². The van der Waals surface area contributed by atoms with Crippen molar-refractivity contribution < 1.29 is 0 Å². The van der Waals surface area contributed by atoms with Gasteiger partial charge in [0.25, 0.3) is 0 Å². The molecule has 0 bridgehead atoms. The van der Waals surface area contributed by atoms with E-state index in [0.29, 0.717) is 11.7 Å². The molecule has 5 nitrogen and oxygen atoms in total. The van der Waals surface area contributed by atoms with Crippen LogP contribution in [0.3, 0.4) is 0 Å². The van der Waals surface area contributed by atoms with E-state index < -0.39 is 0 Å². The van der Waals surface area contributed by atoms with Crippen LogP contribution in [0.1, 0.15) is 44.2 Å². The van der Waals surface area contributed by atoms with Gasteiger partial charge in [-0.15, -0.1) is 0 Å². The fourth-order valence-electron chi connectivity index (χ4n) is 2.43. The monoisotopic (exact) mass is 259 g/mol. The van der Waals surface area contributed by atoms with Gasteiger partial charge in [0.1, 0.15) is 11.9 Å². The summed E-state index contributed by atoms with van der Waals surface area (Å²) >= 11 is 0. The fraction of sp³-hybridized carbons (Fsp3) is 0.643. The lowest BCUT2D eigenvalue weighted by Gasteiger charge is -2.16. The van der Waals surface area contributed by atoms with Crippen molar-refractivity contribution in [1.82, 2.24) is 15.3 Å². The number of anilines is 1. The van der Waals surface area contributed by atoms with Gasteiger partial charge in [0.15, 0.2) is 5.69 Å². The summed E-state index contributed by atoms with van der Waals surface area (Å²) in [5.41, 5.74) is 0.349. The lowest BCUT2D eigenvalue weighted by atomic mass is 10.1. The second-order valence-electron chi connectivity index (χ2n) is 4.97. The lowest BCUT2D eigenvalue weighted by Crippen LogP contribution is -2.32. The molecule has 0 amide bonds. The maximum absolute atomic E-state index is 8.63. The third-order valence-electron chi connectivity index (χ3n) is 3.49. The highest BCUT2D eigenvalue weighted by Gasteiger charge is 2.10. The largest absolute Gasteiger partial charge is 0.368 e. The van der Waals surface area contributed by atoms with Crippen LogP contribution < -0.4 is 10.6 Å². The van der Waals surface area contributed by atoms with Crippen LogP contribution in [0, 0.1) is 11.3 Å². The third-order valence-corrected chi connectivity index (χ3v) is 3.49. The van der Waals surface area contributed by atoms with E-state index >= 15 is 0 Å². The molecule has 1 aliphatic rings. The van der Waals surface area contributed by atoms with Crippen molar-refractivity contribution in [2.24, 2.45) is 0 Å². The topological polar surface area (TPSA) is 73.6 Å². The summed E-state index contributed by atoms with van der Waals surface area (Å²) in [7, 11) is 0. The smallest absolute Gasteiger partial charge is 0.158 e. The summed E-state index contributed by atoms with van der Waals surface area (Å²) < 4.78 is 0. The number of nitrogens with one attached hydrogen (secondary N) is 2. The Hall–Kier alpha value is -1.67. The molecule has 0 saturated heterocycles. The van der Waals surface area contributed by atoms with Crippen molar-refractivity contribution >= 4 is 5.82 Å². The molecule has 1 aromatic heterocycles. The Bertz CT molecular complexity index is 401. The van der Waals surface area contributed by atoms with Crippen LogP contribution in [0.4, 0.5) is 5.82 Å². The molecule has 1 aromatic rings. The van der Waals surface area contributed by atoms with Gasteiger partial charge in [-0.25, -0.2) is 9.97 Å². The Morgan fingerprint density at radius 3 is 2.53 bits per heavy atom. The molecule has 0 aromatic carbocycles. The Labute approximate surface area is 114 Å². The third kappa shape index (κ3) is 4.84. The van der Waals surface area contributed by atoms with Gasteiger partial charge in [-0.2, -0.15) is 5.26 Å². The van der Waals surface area contributed by atoms with Crippen LogP contribution in [-0.4, -0.2) is 29.1 Å². The minimum Gasteiger partial charge on any atom is -0.368 e. The quantitative estimate of drug-likeness (QED) is 0.625. The fourth-order valence-corrected chi connectivity index (χ4v) is 2.43. The normalized spacial score (nSPS) is 16.6. The SMILES string of the molecule is N#Cc1cnc(NCCNC2CCCCCC2)cn1. The van der Waals surface area contributed by atoms with E-state index in [-0.39, 0.29) is 0 Å². The van der Waals surface area contributed by atoms with Gasteiger partial charge < -0.3 is 10.6 Å². The Morgan fingerprint density at radius 1 is 1.11 bits per heavy atom. The first-order chi connectivity index (χ1) is 9.38. The van der Waals surface area contributed by atoms with Gasteiger partial charge in [0.05, 0.1) is 12.4 Å². The Morgan fingerprint density at radius 2 is 1.89 bits per heavy atom. The van der Waals surface area contributed by atoms with E-state index in [1.54, 1.807) is 6.20 Å². The molecule has 1 heterocycles. The molecular weight excluding hydrogens is 238 g/mol.